The van der Waals surface area contributed by atoms with Gasteiger partial charge < -0.3 is 9.64 Å². The van der Waals surface area contributed by atoms with Crippen molar-refractivity contribution in [3.8, 4) is 17.0 Å². The van der Waals surface area contributed by atoms with Crippen LogP contribution in [0.3, 0.4) is 0 Å². The second-order valence-electron chi connectivity index (χ2n) is 7.01. The predicted molar refractivity (Wildman–Crippen MR) is 115 cm³/mol. The summed E-state index contributed by atoms with van der Waals surface area (Å²) >= 11 is 1.72. The maximum Gasteiger partial charge on any atom is 0.180 e. The Morgan fingerprint density at radius 2 is 1.83 bits per heavy atom. The quantitative estimate of drug-likeness (QED) is 0.507. The normalized spacial score (nSPS) is 15.1. The summed E-state index contributed by atoms with van der Waals surface area (Å²) in [5.74, 6) is 1.79. The number of imidazole rings is 1. The maximum absolute atomic E-state index is 5.27. The van der Waals surface area contributed by atoms with E-state index >= 15 is 0 Å². The molecular formula is C21H22N6OS. The Kier molecular flexibility index (Phi) is 4.87. The molecule has 0 radical (unpaired) electrons. The van der Waals surface area contributed by atoms with E-state index in [4.69, 9.17) is 9.72 Å². The first-order chi connectivity index (χ1) is 14.3. The number of benzene rings is 1. The first kappa shape index (κ1) is 18.1. The smallest absolute Gasteiger partial charge is 0.180 e. The molecule has 1 saturated heterocycles. The fraction of sp³-hybridized carbons (Fsp3) is 0.286. The Bertz CT molecular complexity index is 1080. The number of aromatic nitrogens is 4. The highest BCUT2D eigenvalue weighted by molar-refractivity contribution is 7.09. The third-order valence-corrected chi connectivity index (χ3v) is 6.07. The van der Waals surface area contributed by atoms with Gasteiger partial charge in [-0.3, -0.25) is 9.30 Å². The molecule has 4 heterocycles. The summed E-state index contributed by atoms with van der Waals surface area (Å²) in [5, 5.41) is 3.21. The number of rotatable bonds is 5. The monoisotopic (exact) mass is 406 g/mol. The van der Waals surface area contributed by atoms with Crippen LogP contribution in [-0.2, 0) is 6.54 Å². The highest BCUT2D eigenvalue weighted by Crippen LogP contribution is 2.27. The lowest BCUT2D eigenvalue weighted by molar-refractivity contribution is 0.249. The molecule has 0 unspecified atom stereocenters. The van der Waals surface area contributed by atoms with Crippen LogP contribution in [0.2, 0.25) is 0 Å². The summed E-state index contributed by atoms with van der Waals surface area (Å²) < 4.78 is 7.38. The first-order valence-corrected chi connectivity index (χ1v) is 10.5. The molecule has 3 aromatic heterocycles. The van der Waals surface area contributed by atoms with Gasteiger partial charge in [-0.05, 0) is 24.3 Å². The molecule has 0 saturated carbocycles. The van der Waals surface area contributed by atoms with Crippen molar-refractivity contribution in [2.45, 2.75) is 6.54 Å². The summed E-state index contributed by atoms with van der Waals surface area (Å²) in [5.41, 5.74) is 3.05. The molecule has 0 amide bonds. The van der Waals surface area contributed by atoms with E-state index in [0.29, 0.717) is 0 Å². The van der Waals surface area contributed by atoms with E-state index in [1.54, 1.807) is 18.4 Å². The van der Waals surface area contributed by atoms with Crippen LogP contribution >= 0.6 is 11.3 Å². The Hall–Kier alpha value is -2.97. The van der Waals surface area contributed by atoms with Crippen molar-refractivity contribution >= 4 is 22.8 Å². The summed E-state index contributed by atoms with van der Waals surface area (Å²) in [6.07, 6.45) is 7.63. The molecule has 0 N–H and O–H groups in total. The van der Waals surface area contributed by atoms with Gasteiger partial charge in [0, 0.05) is 55.7 Å². The lowest BCUT2D eigenvalue weighted by atomic mass is 10.1. The number of hydrogen-bond donors (Lipinski definition) is 0. The predicted octanol–water partition coefficient (Wildman–Crippen LogP) is 3.18. The molecule has 7 nitrogen and oxygen atoms in total. The van der Waals surface area contributed by atoms with Crippen molar-refractivity contribution in [3.63, 3.8) is 0 Å². The fourth-order valence-electron chi connectivity index (χ4n) is 3.74. The molecular weight excluding hydrogens is 384 g/mol. The van der Waals surface area contributed by atoms with Crippen molar-refractivity contribution in [3.05, 3.63) is 59.4 Å². The third kappa shape index (κ3) is 3.56. The third-order valence-electron chi connectivity index (χ3n) is 5.31. The minimum atomic E-state index is 0.848. The highest BCUT2D eigenvalue weighted by Gasteiger charge is 2.22. The minimum absolute atomic E-state index is 0.848. The van der Waals surface area contributed by atoms with Gasteiger partial charge >= 0.3 is 0 Å². The van der Waals surface area contributed by atoms with Gasteiger partial charge in [-0.25, -0.2) is 15.0 Å². The number of ether oxygens (including phenoxy) is 1. The van der Waals surface area contributed by atoms with Gasteiger partial charge in [-0.15, -0.1) is 11.3 Å². The lowest BCUT2D eigenvalue weighted by Gasteiger charge is -2.34. The molecule has 1 aliphatic heterocycles. The second kappa shape index (κ2) is 7.81. The van der Waals surface area contributed by atoms with E-state index < -0.39 is 0 Å². The number of thiazole rings is 1. The van der Waals surface area contributed by atoms with Crippen LogP contribution in [0.5, 0.6) is 5.75 Å². The number of nitrogens with zero attached hydrogens (tertiary/aromatic N) is 6. The second-order valence-corrected chi connectivity index (χ2v) is 7.98. The zero-order valence-corrected chi connectivity index (χ0v) is 17.0. The number of methoxy groups -OCH3 is 1. The molecule has 0 bridgehead atoms. The van der Waals surface area contributed by atoms with Gasteiger partial charge in [0.1, 0.15) is 10.8 Å². The van der Waals surface area contributed by atoms with Crippen LogP contribution in [0.25, 0.3) is 16.9 Å². The van der Waals surface area contributed by atoms with Gasteiger partial charge in [0.2, 0.25) is 0 Å². The number of piperazine rings is 1. The van der Waals surface area contributed by atoms with Gasteiger partial charge in [0.05, 0.1) is 25.5 Å². The van der Waals surface area contributed by atoms with Crippen LogP contribution in [-0.4, -0.2) is 57.5 Å². The van der Waals surface area contributed by atoms with Gasteiger partial charge in [0.25, 0.3) is 0 Å². The Labute approximate surface area is 173 Å². The average Bonchev–Trinajstić information content (AvgIpc) is 3.44. The molecule has 8 heteroatoms. The van der Waals surface area contributed by atoms with Gasteiger partial charge in [-0.1, -0.05) is 0 Å². The van der Waals surface area contributed by atoms with E-state index in [-0.39, 0.29) is 0 Å². The van der Waals surface area contributed by atoms with E-state index in [1.807, 2.05) is 42.3 Å². The van der Waals surface area contributed by atoms with E-state index in [1.165, 1.54) is 5.01 Å². The number of anilines is 1. The van der Waals surface area contributed by atoms with Crippen molar-refractivity contribution in [1.82, 2.24) is 24.3 Å². The molecule has 4 aromatic rings. The zero-order valence-electron chi connectivity index (χ0n) is 16.2. The Balaban J connectivity index is 1.36. The van der Waals surface area contributed by atoms with Crippen LogP contribution in [0.15, 0.2) is 54.4 Å². The van der Waals surface area contributed by atoms with Crippen LogP contribution < -0.4 is 9.64 Å². The SMILES string of the molecule is COc1ccc(-c2cnc3c(N4CCN(Cc5nccs5)CC4)nccn23)cc1. The van der Waals surface area contributed by atoms with Gasteiger partial charge in [0.15, 0.2) is 11.5 Å². The van der Waals surface area contributed by atoms with Crippen LogP contribution in [0, 0.1) is 0 Å². The molecule has 29 heavy (non-hydrogen) atoms. The van der Waals surface area contributed by atoms with E-state index in [9.17, 15) is 0 Å². The standard InChI is InChI=1S/C21H22N6OS/c1-28-17-4-2-16(3-5-17)18-14-24-21-20(23-6-8-27(18)21)26-11-9-25(10-12-26)15-19-22-7-13-29-19/h2-8,13-14H,9-12,15H2,1H3. The molecule has 1 fully saturated rings. The zero-order chi connectivity index (χ0) is 19.6. The van der Waals surface area contributed by atoms with E-state index in [0.717, 1.165) is 61.2 Å². The topological polar surface area (TPSA) is 58.8 Å². The largest absolute Gasteiger partial charge is 0.497 e. The highest BCUT2D eigenvalue weighted by atomic mass is 32.1. The first-order valence-electron chi connectivity index (χ1n) is 9.64. The number of hydrogen-bond acceptors (Lipinski definition) is 7. The molecule has 5 rings (SSSR count). The number of fused-ring (bicyclic) bond motifs is 1. The van der Waals surface area contributed by atoms with Crippen molar-refractivity contribution < 1.29 is 4.74 Å². The molecule has 1 aromatic carbocycles. The Morgan fingerprint density at radius 1 is 1.00 bits per heavy atom. The molecule has 148 valence electrons. The Morgan fingerprint density at radius 3 is 2.55 bits per heavy atom. The average molecular weight is 407 g/mol. The molecule has 0 spiro atoms. The maximum atomic E-state index is 5.27. The summed E-state index contributed by atoms with van der Waals surface area (Å²) in [7, 11) is 1.68. The summed E-state index contributed by atoms with van der Waals surface area (Å²) in [6.45, 7) is 4.78. The molecule has 0 atom stereocenters. The summed E-state index contributed by atoms with van der Waals surface area (Å²) in [6, 6.07) is 8.05. The minimum Gasteiger partial charge on any atom is -0.497 e. The van der Waals surface area contributed by atoms with Crippen LogP contribution in [0.4, 0.5) is 5.82 Å². The van der Waals surface area contributed by atoms with Crippen molar-refractivity contribution in [1.29, 1.82) is 0 Å². The van der Waals surface area contributed by atoms with Crippen LogP contribution in [0.1, 0.15) is 5.01 Å². The molecule has 0 aliphatic carbocycles. The van der Waals surface area contributed by atoms with E-state index in [2.05, 4.69) is 36.3 Å². The lowest BCUT2D eigenvalue weighted by Crippen LogP contribution is -2.46. The fourth-order valence-corrected chi connectivity index (χ4v) is 4.40. The molecule has 1 aliphatic rings. The van der Waals surface area contributed by atoms with Crippen molar-refractivity contribution in [2.75, 3.05) is 38.2 Å². The van der Waals surface area contributed by atoms with Crippen molar-refractivity contribution in [2.24, 2.45) is 0 Å². The van der Waals surface area contributed by atoms with Gasteiger partial charge in [-0.2, -0.15) is 0 Å². The summed E-state index contributed by atoms with van der Waals surface area (Å²) in [4.78, 5) is 18.5.